The van der Waals surface area contributed by atoms with Crippen molar-refractivity contribution in [2.45, 2.75) is 0 Å². The Kier molecular flexibility index (Phi) is 3.35. The van der Waals surface area contributed by atoms with Crippen LogP contribution in [0.25, 0.3) is 16.8 Å². The zero-order chi connectivity index (χ0) is 16.5. The minimum Gasteiger partial charge on any atom is -0.267 e. The van der Waals surface area contributed by atoms with E-state index in [1.807, 2.05) is 60.7 Å². The van der Waals surface area contributed by atoms with Gasteiger partial charge in [0.1, 0.15) is 5.57 Å². The Morgan fingerprint density at radius 3 is 2.33 bits per heavy atom. The van der Waals surface area contributed by atoms with Gasteiger partial charge in [-0.3, -0.25) is 15.0 Å². The van der Waals surface area contributed by atoms with Crippen LogP contribution in [0.1, 0.15) is 5.56 Å². The molecule has 4 rings (SSSR count). The van der Waals surface area contributed by atoms with E-state index in [0.29, 0.717) is 5.69 Å². The van der Waals surface area contributed by atoms with Crippen LogP contribution < -0.4 is 10.4 Å². The first kappa shape index (κ1) is 14.2. The summed E-state index contributed by atoms with van der Waals surface area (Å²) in [5.41, 5.74) is 4.23. The summed E-state index contributed by atoms with van der Waals surface area (Å²) in [4.78, 5) is 24.9. The lowest BCUT2D eigenvalue weighted by atomic mass is 10.0. The fourth-order valence-electron chi connectivity index (χ4n) is 2.85. The molecule has 1 saturated heterocycles. The van der Waals surface area contributed by atoms with Crippen molar-refractivity contribution in [3.8, 4) is 0 Å². The number of nitrogens with zero attached hydrogens (tertiary/aromatic N) is 1. The van der Waals surface area contributed by atoms with Gasteiger partial charge in [-0.25, -0.2) is 5.01 Å². The number of carbonyl (C=O) groups excluding carboxylic acids is 2. The summed E-state index contributed by atoms with van der Waals surface area (Å²) in [6, 6.07) is 22.8. The number of hydrogen-bond donors (Lipinski definition) is 1. The third-order valence-corrected chi connectivity index (χ3v) is 4.03. The van der Waals surface area contributed by atoms with Crippen LogP contribution in [-0.2, 0) is 9.59 Å². The third-order valence-electron chi connectivity index (χ3n) is 4.03. The first-order valence-electron chi connectivity index (χ1n) is 7.64. The predicted octanol–water partition coefficient (Wildman–Crippen LogP) is 3.30. The van der Waals surface area contributed by atoms with Crippen molar-refractivity contribution in [3.05, 3.63) is 83.9 Å². The number of hydrogen-bond acceptors (Lipinski definition) is 2. The summed E-state index contributed by atoms with van der Waals surface area (Å²) in [5, 5.41) is 3.35. The van der Waals surface area contributed by atoms with Crippen LogP contribution >= 0.6 is 0 Å². The molecule has 1 aliphatic heterocycles. The molecule has 24 heavy (non-hydrogen) atoms. The van der Waals surface area contributed by atoms with Crippen molar-refractivity contribution in [2.75, 3.05) is 5.01 Å². The first-order chi connectivity index (χ1) is 11.7. The molecule has 0 aromatic heterocycles. The lowest BCUT2D eigenvalue weighted by Gasteiger charge is -2.13. The Morgan fingerprint density at radius 1 is 0.792 bits per heavy atom. The summed E-state index contributed by atoms with van der Waals surface area (Å²) in [5.74, 6) is -0.740. The van der Waals surface area contributed by atoms with Crippen LogP contribution in [0.2, 0.25) is 0 Å². The second-order valence-electron chi connectivity index (χ2n) is 5.54. The van der Waals surface area contributed by atoms with Gasteiger partial charge in [0.2, 0.25) is 0 Å². The fourth-order valence-corrected chi connectivity index (χ4v) is 2.85. The van der Waals surface area contributed by atoms with E-state index in [9.17, 15) is 9.59 Å². The Bertz CT molecular complexity index is 972. The van der Waals surface area contributed by atoms with E-state index in [1.54, 1.807) is 18.2 Å². The monoisotopic (exact) mass is 314 g/mol. The van der Waals surface area contributed by atoms with Gasteiger partial charge in [-0.1, -0.05) is 60.7 Å². The Morgan fingerprint density at radius 2 is 1.50 bits per heavy atom. The summed E-state index contributed by atoms with van der Waals surface area (Å²) >= 11 is 0. The summed E-state index contributed by atoms with van der Waals surface area (Å²) in [6.45, 7) is 0. The van der Waals surface area contributed by atoms with Gasteiger partial charge in [0.25, 0.3) is 11.8 Å². The molecule has 3 aromatic rings. The molecule has 0 radical (unpaired) electrons. The van der Waals surface area contributed by atoms with Crippen molar-refractivity contribution in [1.29, 1.82) is 0 Å². The van der Waals surface area contributed by atoms with Crippen LogP contribution in [0.15, 0.2) is 78.4 Å². The molecule has 0 bridgehead atoms. The van der Waals surface area contributed by atoms with Crippen molar-refractivity contribution in [2.24, 2.45) is 0 Å². The molecule has 116 valence electrons. The molecule has 1 fully saturated rings. The van der Waals surface area contributed by atoms with Crippen molar-refractivity contribution >= 4 is 34.4 Å². The molecule has 3 aromatic carbocycles. The highest BCUT2D eigenvalue weighted by atomic mass is 16.2. The van der Waals surface area contributed by atoms with E-state index >= 15 is 0 Å². The maximum atomic E-state index is 12.6. The molecule has 0 spiro atoms. The van der Waals surface area contributed by atoms with Crippen LogP contribution in [-0.4, -0.2) is 11.8 Å². The summed E-state index contributed by atoms with van der Waals surface area (Å²) < 4.78 is 0. The molecule has 0 saturated carbocycles. The Hall–Kier alpha value is -3.40. The smallest absolute Gasteiger partial charge is 0.267 e. The number of para-hydroxylation sites is 1. The first-order valence-corrected chi connectivity index (χ1v) is 7.64. The van der Waals surface area contributed by atoms with Crippen LogP contribution in [0.4, 0.5) is 5.69 Å². The van der Waals surface area contributed by atoms with E-state index in [2.05, 4.69) is 5.43 Å². The standard InChI is InChI=1S/C20H14N2O2/c23-19-18(20(24)22(21-19)16-10-2-1-3-11-16)13-15-9-6-8-14-7-4-5-12-17(14)15/h1-13H,(H,21,23)/b18-13+. The molecule has 1 heterocycles. The number of benzene rings is 3. The molecule has 4 nitrogen and oxygen atoms in total. The number of anilines is 1. The molecule has 1 aliphatic rings. The second-order valence-corrected chi connectivity index (χ2v) is 5.54. The molecular weight excluding hydrogens is 300 g/mol. The molecule has 0 atom stereocenters. The molecule has 2 amide bonds. The summed E-state index contributed by atoms with van der Waals surface area (Å²) in [6.07, 6.45) is 1.66. The average Bonchev–Trinajstić information content (AvgIpc) is 2.91. The number of hydrazine groups is 1. The van der Waals surface area contributed by atoms with Gasteiger partial charge in [-0.2, -0.15) is 0 Å². The highest BCUT2D eigenvalue weighted by Crippen LogP contribution is 2.24. The average molecular weight is 314 g/mol. The van der Waals surface area contributed by atoms with E-state index < -0.39 is 5.91 Å². The SMILES string of the molecule is O=C1NN(c2ccccc2)C(=O)/C1=C/c1cccc2ccccc12. The van der Waals surface area contributed by atoms with Crippen molar-refractivity contribution < 1.29 is 9.59 Å². The normalized spacial score (nSPS) is 16.0. The topological polar surface area (TPSA) is 49.4 Å². The van der Waals surface area contributed by atoms with Gasteiger partial charge >= 0.3 is 0 Å². The Labute approximate surface area is 139 Å². The van der Waals surface area contributed by atoms with E-state index in [0.717, 1.165) is 16.3 Å². The number of carbonyl (C=O) groups is 2. The minimum atomic E-state index is -0.392. The van der Waals surface area contributed by atoms with Gasteiger partial charge in [0, 0.05) is 0 Å². The maximum Gasteiger partial charge on any atom is 0.282 e. The van der Waals surface area contributed by atoms with Crippen molar-refractivity contribution in [3.63, 3.8) is 0 Å². The summed E-state index contributed by atoms with van der Waals surface area (Å²) in [7, 11) is 0. The largest absolute Gasteiger partial charge is 0.282 e. The van der Waals surface area contributed by atoms with Gasteiger partial charge < -0.3 is 0 Å². The van der Waals surface area contributed by atoms with Crippen LogP contribution in [0.5, 0.6) is 0 Å². The lowest BCUT2D eigenvalue weighted by Crippen LogP contribution is -2.35. The van der Waals surface area contributed by atoms with Gasteiger partial charge in [-0.15, -0.1) is 0 Å². The lowest BCUT2D eigenvalue weighted by molar-refractivity contribution is -0.117. The molecular formula is C20H14N2O2. The minimum absolute atomic E-state index is 0.134. The number of amides is 2. The highest BCUT2D eigenvalue weighted by molar-refractivity contribution is 6.32. The Balaban J connectivity index is 1.77. The predicted molar refractivity (Wildman–Crippen MR) is 94.0 cm³/mol. The fraction of sp³-hybridized carbons (Fsp3) is 0. The van der Waals surface area contributed by atoms with Crippen LogP contribution in [0, 0.1) is 0 Å². The van der Waals surface area contributed by atoms with Gasteiger partial charge in [-0.05, 0) is 34.5 Å². The van der Waals surface area contributed by atoms with Crippen LogP contribution in [0.3, 0.4) is 0 Å². The zero-order valence-electron chi connectivity index (χ0n) is 12.8. The zero-order valence-corrected chi connectivity index (χ0v) is 12.8. The number of rotatable bonds is 2. The molecule has 4 heteroatoms. The maximum absolute atomic E-state index is 12.6. The number of nitrogens with one attached hydrogen (secondary N) is 1. The van der Waals surface area contributed by atoms with Crippen molar-refractivity contribution in [1.82, 2.24) is 5.43 Å². The second kappa shape index (κ2) is 5.66. The number of fused-ring (bicyclic) bond motifs is 1. The molecule has 0 aliphatic carbocycles. The van der Waals surface area contributed by atoms with Gasteiger partial charge in [0.15, 0.2) is 0 Å². The highest BCUT2D eigenvalue weighted by Gasteiger charge is 2.34. The molecule has 1 N–H and O–H groups in total. The van der Waals surface area contributed by atoms with Gasteiger partial charge in [0.05, 0.1) is 5.69 Å². The van der Waals surface area contributed by atoms with E-state index in [4.69, 9.17) is 0 Å². The quantitative estimate of drug-likeness (QED) is 0.583. The molecule has 0 unspecified atom stereocenters. The van der Waals surface area contributed by atoms with E-state index in [1.165, 1.54) is 5.01 Å². The third kappa shape index (κ3) is 2.34. The van der Waals surface area contributed by atoms with E-state index in [-0.39, 0.29) is 11.5 Å².